The summed E-state index contributed by atoms with van der Waals surface area (Å²) in [6.45, 7) is 6.10. The van der Waals surface area contributed by atoms with Crippen molar-refractivity contribution in [1.82, 2.24) is 10.2 Å². The number of hydrogen-bond donors (Lipinski definition) is 2. The molecule has 3 N–H and O–H groups in total. The second-order valence-electron chi connectivity index (χ2n) is 7.33. The summed E-state index contributed by atoms with van der Waals surface area (Å²) in [5, 5.41) is 3.00. The van der Waals surface area contributed by atoms with E-state index in [1.54, 1.807) is 0 Å². The predicted octanol–water partition coefficient (Wildman–Crippen LogP) is 3.23. The first-order valence-corrected chi connectivity index (χ1v) is 9.51. The molecule has 2 aromatic carbocycles. The first kappa shape index (κ1) is 18.6. The highest BCUT2D eigenvalue weighted by molar-refractivity contribution is 5.82. The summed E-state index contributed by atoms with van der Waals surface area (Å²) in [5.41, 5.74) is 9.37. The number of nitrogens with zero attached hydrogens (tertiary/aromatic N) is 1. The number of amides is 1. The maximum absolute atomic E-state index is 12.4. The summed E-state index contributed by atoms with van der Waals surface area (Å²) in [6.07, 6.45) is 2.54. The highest BCUT2D eigenvalue weighted by Gasteiger charge is 2.18. The first-order chi connectivity index (χ1) is 12.6. The van der Waals surface area contributed by atoms with Gasteiger partial charge in [-0.2, -0.15) is 0 Å². The molecule has 0 aromatic heterocycles. The molecule has 138 valence electrons. The van der Waals surface area contributed by atoms with Gasteiger partial charge in [0.2, 0.25) is 5.91 Å². The lowest BCUT2D eigenvalue weighted by atomic mass is 9.98. The molecule has 1 heterocycles. The van der Waals surface area contributed by atoms with E-state index in [1.165, 1.54) is 24.0 Å². The van der Waals surface area contributed by atoms with Crippen LogP contribution in [0.2, 0.25) is 0 Å². The normalized spacial score (nSPS) is 17.0. The summed E-state index contributed by atoms with van der Waals surface area (Å²) in [5.74, 6) is 0.693. The van der Waals surface area contributed by atoms with Crippen molar-refractivity contribution in [2.24, 2.45) is 11.7 Å². The molecule has 4 nitrogen and oxygen atoms in total. The zero-order chi connectivity index (χ0) is 18.4. The molecule has 1 fully saturated rings. The Morgan fingerprint density at radius 1 is 1.08 bits per heavy atom. The van der Waals surface area contributed by atoms with Gasteiger partial charge in [-0.25, -0.2) is 0 Å². The fourth-order valence-electron chi connectivity index (χ4n) is 3.45. The van der Waals surface area contributed by atoms with Gasteiger partial charge in [-0.1, -0.05) is 61.5 Å². The molecule has 3 rings (SSSR count). The van der Waals surface area contributed by atoms with Crippen LogP contribution in [0.3, 0.4) is 0 Å². The molecule has 1 atom stereocenters. The fourth-order valence-corrected chi connectivity index (χ4v) is 3.45. The van der Waals surface area contributed by atoms with Crippen LogP contribution < -0.4 is 11.1 Å². The Morgan fingerprint density at radius 2 is 1.69 bits per heavy atom. The number of hydrogen-bond acceptors (Lipinski definition) is 3. The number of carbonyl (C=O) groups is 1. The van der Waals surface area contributed by atoms with E-state index in [0.717, 1.165) is 31.1 Å². The molecule has 1 amide bonds. The number of likely N-dealkylation sites (tertiary alicyclic amines) is 1. The van der Waals surface area contributed by atoms with E-state index in [4.69, 9.17) is 5.73 Å². The van der Waals surface area contributed by atoms with Gasteiger partial charge in [0.25, 0.3) is 0 Å². The van der Waals surface area contributed by atoms with Crippen molar-refractivity contribution in [1.29, 1.82) is 0 Å². The molecule has 2 aromatic rings. The van der Waals surface area contributed by atoms with Crippen LogP contribution in [0, 0.1) is 5.92 Å². The third-order valence-electron chi connectivity index (χ3n) is 5.28. The SMILES string of the molecule is CC1CCN(Cc2ccccc2CNC(=O)C(N)c2ccccc2)CC1. The number of rotatable bonds is 6. The second kappa shape index (κ2) is 8.97. The van der Waals surface area contributed by atoms with Gasteiger partial charge in [0.05, 0.1) is 0 Å². The molecule has 26 heavy (non-hydrogen) atoms. The van der Waals surface area contributed by atoms with Crippen LogP contribution in [0.5, 0.6) is 0 Å². The summed E-state index contributed by atoms with van der Waals surface area (Å²) < 4.78 is 0. The van der Waals surface area contributed by atoms with Crippen LogP contribution in [0.25, 0.3) is 0 Å². The van der Waals surface area contributed by atoms with Crippen LogP contribution in [0.4, 0.5) is 0 Å². The molecule has 0 aliphatic carbocycles. The lowest BCUT2D eigenvalue weighted by Gasteiger charge is -2.30. The van der Waals surface area contributed by atoms with Gasteiger partial charge >= 0.3 is 0 Å². The monoisotopic (exact) mass is 351 g/mol. The van der Waals surface area contributed by atoms with Gasteiger partial charge < -0.3 is 11.1 Å². The van der Waals surface area contributed by atoms with Gasteiger partial charge in [0.1, 0.15) is 6.04 Å². The topological polar surface area (TPSA) is 58.4 Å². The molecule has 1 saturated heterocycles. The summed E-state index contributed by atoms with van der Waals surface area (Å²) in [7, 11) is 0. The molecule has 1 aliphatic rings. The van der Waals surface area contributed by atoms with E-state index >= 15 is 0 Å². The Morgan fingerprint density at radius 3 is 2.38 bits per heavy atom. The van der Waals surface area contributed by atoms with Crippen LogP contribution in [-0.2, 0) is 17.9 Å². The van der Waals surface area contributed by atoms with Crippen molar-refractivity contribution in [2.75, 3.05) is 13.1 Å². The molecular formula is C22H29N3O. The molecule has 0 spiro atoms. The smallest absolute Gasteiger partial charge is 0.241 e. The van der Waals surface area contributed by atoms with Crippen molar-refractivity contribution in [3.8, 4) is 0 Å². The van der Waals surface area contributed by atoms with Gasteiger partial charge in [-0.3, -0.25) is 9.69 Å². The Balaban J connectivity index is 1.59. The molecule has 4 heteroatoms. The standard InChI is InChI=1S/C22H29N3O/c1-17-11-13-25(14-12-17)16-20-10-6-5-9-19(20)15-24-22(26)21(23)18-7-3-2-4-8-18/h2-10,17,21H,11-16,23H2,1H3,(H,24,26). The first-order valence-electron chi connectivity index (χ1n) is 9.51. The van der Waals surface area contributed by atoms with Crippen molar-refractivity contribution < 1.29 is 4.79 Å². The molecule has 0 radical (unpaired) electrons. The minimum absolute atomic E-state index is 0.141. The molecule has 1 aliphatic heterocycles. The van der Waals surface area contributed by atoms with Crippen molar-refractivity contribution >= 4 is 5.91 Å². The van der Waals surface area contributed by atoms with E-state index in [1.807, 2.05) is 36.4 Å². The van der Waals surface area contributed by atoms with Gasteiger partial charge in [0, 0.05) is 13.1 Å². The number of carbonyl (C=O) groups excluding carboxylic acids is 1. The number of benzene rings is 2. The highest BCUT2D eigenvalue weighted by Crippen LogP contribution is 2.20. The highest BCUT2D eigenvalue weighted by atomic mass is 16.2. The Hall–Kier alpha value is -2.17. The third kappa shape index (κ3) is 4.93. The summed E-state index contributed by atoms with van der Waals surface area (Å²) >= 11 is 0. The van der Waals surface area contributed by atoms with Gasteiger partial charge in [-0.05, 0) is 48.5 Å². The molecule has 1 unspecified atom stereocenters. The van der Waals surface area contributed by atoms with Crippen LogP contribution in [-0.4, -0.2) is 23.9 Å². The summed E-state index contributed by atoms with van der Waals surface area (Å²) in [4.78, 5) is 14.9. The van der Waals surface area contributed by atoms with Gasteiger partial charge in [0.15, 0.2) is 0 Å². The predicted molar refractivity (Wildman–Crippen MR) is 105 cm³/mol. The van der Waals surface area contributed by atoms with Gasteiger partial charge in [-0.15, -0.1) is 0 Å². The quantitative estimate of drug-likeness (QED) is 0.840. The lowest BCUT2D eigenvalue weighted by molar-refractivity contribution is -0.122. The van der Waals surface area contributed by atoms with Crippen molar-refractivity contribution in [3.63, 3.8) is 0 Å². The van der Waals surface area contributed by atoms with E-state index in [9.17, 15) is 4.79 Å². The number of piperidine rings is 1. The number of nitrogens with two attached hydrogens (primary N) is 1. The summed E-state index contributed by atoms with van der Waals surface area (Å²) in [6, 6.07) is 17.2. The Kier molecular flexibility index (Phi) is 6.42. The molecule has 0 saturated carbocycles. The van der Waals surface area contributed by atoms with E-state index in [2.05, 4.69) is 35.3 Å². The minimum atomic E-state index is -0.632. The van der Waals surface area contributed by atoms with Crippen molar-refractivity contribution in [2.45, 2.75) is 38.9 Å². The lowest BCUT2D eigenvalue weighted by Crippen LogP contribution is -2.35. The zero-order valence-electron chi connectivity index (χ0n) is 15.5. The molecule has 0 bridgehead atoms. The second-order valence-corrected chi connectivity index (χ2v) is 7.33. The molecular weight excluding hydrogens is 322 g/mol. The number of nitrogens with one attached hydrogen (secondary N) is 1. The zero-order valence-corrected chi connectivity index (χ0v) is 15.5. The Bertz CT molecular complexity index is 708. The third-order valence-corrected chi connectivity index (χ3v) is 5.28. The Labute approximate surface area is 156 Å². The maximum Gasteiger partial charge on any atom is 0.241 e. The van der Waals surface area contributed by atoms with Crippen molar-refractivity contribution in [3.05, 3.63) is 71.3 Å². The van der Waals surface area contributed by atoms with E-state index in [0.29, 0.717) is 6.54 Å². The van der Waals surface area contributed by atoms with Crippen LogP contribution in [0.1, 0.15) is 42.5 Å². The van der Waals surface area contributed by atoms with E-state index in [-0.39, 0.29) is 5.91 Å². The van der Waals surface area contributed by atoms with Crippen LogP contribution >= 0.6 is 0 Å². The van der Waals surface area contributed by atoms with E-state index < -0.39 is 6.04 Å². The average molecular weight is 351 g/mol. The largest absolute Gasteiger partial charge is 0.350 e. The average Bonchev–Trinajstić information content (AvgIpc) is 2.69. The fraction of sp³-hybridized carbons (Fsp3) is 0.409. The minimum Gasteiger partial charge on any atom is -0.350 e. The maximum atomic E-state index is 12.4. The van der Waals surface area contributed by atoms with Crippen LogP contribution in [0.15, 0.2) is 54.6 Å².